The number of nitrogens with one attached hydrogen (secondary N) is 3. The Bertz CT molecular complexity index is 1730. The molecule has 51 heavy (non-hydrogen) atoms. The molecule has 0 unspecified atom stereocenters. The van der Waals surface area contributed by atoms with E-state index in [1.807, 2.05) is 35.7 Å². The summed E-state index contributed by atoms with van der Waals surface area (Å²) in [5, 5.41) is 3.86. The van der Waals surface area contributed by atoms with E-state index in [0.29, 0.717) is 32.1 Å². The lowest BCUT2D eigenvalue weighted by Crippen LogP contribution is -2.58. The van der Waals surface area contributed by atoms with E-state index in [0.717, 1.165) is 21.6 Å². The smallest absolute Gasteiger partial charge is 0.410 e. The molecular weight excluding hydrogens is 699 g/mol. The number of carbonyl (C=O) groups is 5. The number of benzene rings is 1. The van der Waals surface area contributed by atoms with Crippen molar-refractivity contribution in [3.05, 3.63) is 41.0 Å². The molecule has 5 atom stereocenters. The molecule has 0 radical (unpaired) electrons. The molecule has 5 aliphatic rings. The largest absolute Gasteiger partial charge is 0.450 e. The number of ether oxygens (including phenoxy) is 2. The molecule has 3 aliphatic heterocycles. The number of amides is 5. The quantitative estimate of drug-likeness (QED) is 0.379. The van der Waals surface area contributed by atoms with Crippen molar-refractivity contribution in [3.63, 3.8) is 0 Å². The molecule has 1 saturated heterocycles. The Morgan fingerprint density at radius 1 is 1.14 bits per heavy atom. The summed E-state index contributed by atoms with van der Waals surface area (Å²) in [7, 11) is -3.98. The summed E-state index contributed by atoms with van der Waals surface area (Å²) in [5.74, 6) is -3.62. The van der Waals surface area contributed by atoms with Crippen molar-refractivity contribution in [2.24, 2.45) is 5.92 Å². The Kier molecular flexibility index (Phi) is 10.00. The fraction of sp³-hybridized carbons (Fsp3) is 0.606. The number of halogens is 3. The molecule has 2 saturated carbocycles. The number of alkyl halides is 3. The van der Waals surface area contributed by atoms with Gasteiger partial charge in [-0.3, -0.25) is 24.0 Å². The zero-order valence-corrected chi connectivity index (χ0v) is 28.7. The minimum absolute atomic E-state index is 0.0944. The van der Waals surface area contributed by atoms with Crippen LogP contribution < -0.4 is 15.4 Å². The van der Waals surface area contributed by atoms with Gasteiger partial charge < -0.3 is 25.0 Å². The van der Waals surface area contributed by atoms with Crippen LogP contribution in [0, 0.1) is 5.92 Å². The predicted octanol–water partition coefficient (Wildman–Crippen LogP) is 2.86. The standard InChI is InChI=1S/C33H40F3N5O9S/c1-2-21-14-32(21,29(44)39-51(47,48)23-10-11-23)38-27(42)26-13-22-17-41(26)28(43)25(15-33(34,35)36)37-30(45)49-12-5-3-4-7-19-8-6-9-20-16-40(18-24(19)20)31(46)50-22/h4,6-9,21-23,25-26H,2-3,5,10-18H2,1H3,(H,37,45)(H,38,42)(H,39,44)/b7-4+/t21-,22+,25-,26-,32+/m0/s1. The lowest BCUT2D eigenvalue weighted by atomic mass is 10.0. The fourth-order valence-electron chi connectivity index (χ4n) is 7.01. The molecule has 5 amide bonds. The zero-order valence-electron chi connectivity index (χ0n) is 27.9. The van der Waals surface area contributed by atoms with E-state index in [4.69, 9.17) is 9.47 Å². The van der Waals surface area contributed by atoms with Gasteiger partial charge in [0.2, 0.25) is 21.8 Å². The molecule has 6 rings (SSSR count). The van der Waals surface area contributed by atoms with Gasteiger partial charge in [-0.2, -0.15) is 13.2 Å². The van der Waals surface area contributed by atoms with Crippen molar-refractivity contribution in [3.8, 4) is 0 Å². The molecule has 18 heteroatoms. The fourth-order valence-corrected chi connectivity index (χ4v) is 8.38. The van der Waals surface area contributed by atoms with Crippen LogP contribution in [0.5, 0.6) is 0 Å². The van der Waals surface area contributed by atoms with Crippen molar-refractivity contribution in [1.29, 1.82) is 0 Å². The maximum absolute atomic E-state index is 14.0. The lowest BCUT2D eigenvalue weighted by Gasteiger charge is -2.30. The summed E-state index contributed by atoms with van der Waals surface area (Å²) >= 11 is 0. The highest BCUT2D eigenvalue weighted by atomic mass is 32.2. The molecule has 3 N–H and O–H groups in total. The molecule has 3 heterocycles. The summed E-state index contributed by atoms with van der Waals surface area (Å²) in [4.78, 5) is 69.4. The number of sulfonamides is 1. The van der Waals surface area contributed by atoms with Gasteiger partial charge in [-0.05, 0) is 54.7 Å². The van der Waals surface area contributed by atoms with Crippen LogP contribution in [0.4, 0.5) is 22.8 Å². The highest BCUT2D eigenvalue weighted by Crippen LogP contribution is 2.47. The van der Waals surface area contributed by atoms with Crippen molar-refractivity contribution < 1.29 is 55.0 Å². The van der Waals surface area contributed by atoms with Crippen molar-refractivity contribution in [2.75, 3.05) is 13.2 Å². The Hall–Kier alpha value is -4.35. The maximum Gasteiger partial charge on any atom is 0.410 e. The number of hydrogen-bond acceptors (Lipinski definition) is 9. The molecule has 0 spiro atoms. The second-order valence-corrected chi connectivity index (χ2v) is 15.7. The third-order valence-corrected chi connectivity index (χ3v) is 11.8. The summed E-state index contributed by atoms with van der Waals surface area (Å²) in [6, 6.07) is 1.88. The second kappa shape index (κ2) is 14.0. The SMILES string of the molecule is CC[C@H]1C[C@]1(NC(=O)[C@@H]1C[C@@H]2CN1C(=O)[C@H](CC(F)(F)F)NC(=O)OCCC/C=C/c1cccc3c1CN(C3)C(=O)O2)C(=O)NS(=O)(=O)C1CC1. The van der Waals surface area contributed by atoms with Crippen molar-refractivity contribution in [1.82, 2.24) is 25.2 Å². The highest BCUT2D eigenvalue weighted by molar-refractivity contribution is 7.91. The number of allylic oxidation sites excluding steroid dienone is 1. The van der Waals surface area contributed by atoms with Crippen LogP contribution in [0.3, 0.4) is 0 Å². The Balaban J connectivity index is 1.27. The maximum atomic E-state index is 14.0. The summed E-state index contributed by atoms with van der Waals surface area (Å²) < 4.78 is 79.2. The van der Waals surface area contributed by atoms with E-state index in [1.54, 1.807) is 6.92 Å². The van der Waals surface area contributed by atoms with Crippen LogP contribution >= 0.6 is 0 Å². The first-order valence-electron chi connectivity index (χ1n) is 17.0. The van der Waals surface area contributed by atoms with E-state index >= 15 is 0 Å². The second-order valence-electron chi connectivity index (χ2n) is 13.7. The van der Waals surface area contributed by atoms with Crippen molar-refractivity contribution in [2.45, 2.75) is 107 Å². The van der Waals surface area contributed by atoms with E-state index in [1.165, 1.54) is 4.90 Å². The van der Waals surface area contributed by atoms with Crippen LogP contribution in [-0.4, -0.2) is 96.4 Å². The highest BCUT2D eigenvalue weighted by Gasteiger charge is 2.62. The molecular formula is C33H40F3N5O9S. The van der Waals surface area contributed by atoms with Gasteiger partial charge in [0.15, 0.2) is 0 Å². The topological polar surface area (TPSA) is 181 Å². The minimum Gasteiger partial charge on any atom is -0.450 e. The van der Waals surface area contributed by atoms with Gasteiger partial charge in [-0.1, -0.05) is 43.7 Å². The van der Waals surface area contributed by atoms with Gasteiger partial charge >= 0.3 is 18.4 Å². The molecule has 4 bridgehead atoms. The molecule has 2 aliphatic carbocycles. The zero-order chi connectivity index (χ0) is 36.7. The Morgan fingerprint density at radius 2 is 1.90 bits per heavy atom. The van der Waals surface area contributed by atoms with Gasteiger partial charge in [0.05, 0.1) is 31.4 Å². The number of cyclic esters (lactones) is 1. The average Bonchev–Trinajstić information content (AvgIpc) is 3.95. The van der Waals surface area contributed by atoms with Crippen LogP contribution in [0.1, 0.15) is 75.0 Å². The van der Waals surface area contributed by atoms with Gasteiger partial charge in [-0.25, -0.2) is 18.0 Å². The van der Waals surface area contributed by atoms with E-state index in [9.17, 15) is 45.6 Å². The van der Waals surface area contributed by atoms with Gasteiger partial charge in [0, 0.05) is 13.0 Å². The normalized spacial score (nSPS) is 29.1. The van der Waals surface area contributed by atoms with Crippen LogP contribution in [0.2, 0.25) is 0 Å². The first-order chi connectivity index (χ1) is 24.1. The molecule has 1 aromatic rings. The monoisotopic (exact) mass is 739 g/mol. The molecule has 278 valence electrons. The van der Waals surface area contributed by atoms with E-state index < -0.39 is 94.0 Å². The van der Waals surface area contributed by atoms with Gasteiger partial charge in [-0.15, -0.1) is 0 Å². The summed E-state index contributed by atoms with van der Waals surface area (Å²) in [6.07, 6.45) is -4.44. The lowest BCUT2D eigenvalue weighted by molar-refractivity contribution is -0.155. The minimum atomic E-state index is -4.92. The third-order valence-electron chi connectivity index (χ3n) is 10.0. The number of alkyl carbamates (subject to hydrolysis) is 1. The average molecular weight is 740 g/mol. The Morgan fingerprint density at radius 3 is 2.59 bits per heavy atom. The number of hydrogen-bond donors (Lipinski definition) is 3. The number of carbonyl (C=O) groups excluding carboxylic acids is 5. The van der Waals surface area contributed by atoms with Gasteiger partial charge in [0.1, 0.15) is 23.7 Å². The molecule has 1 aromatic carbocycles. The number of rotatable bonds is 7. The molecule has 14 nitrogen and oxygen atoms in total. The van der Waals surface area contributed by atoms with E-state index in [-0.39, 0.29) is 32.5 Å². The molecule has 3 fully saturated rings. The predicted molar refractivity (Wildman–Crippen MR) is 173 cm³/mol. The third kappa shape index (κ3) is 8.10. The molecule has 0 aromatic heterocycles. The van der Waals surface area contributed by atoms with Crippen LogP contribution in [0.25, 0.3) is 6.08 Å². The first kappa shape index (κ1) is 36.4. The van der Waals surface area contributed by atoms with E-state index in [2.05, 4.69) is 10.0 Å². The van der Waals surface area contributed by atoms with Crippen LogP contribution in [0.15, 0.2) is 24.3 Å². The Labute approximate surface area is 292 Å². The van der Waals surface area contributed by atoms with Crippen LogP contribution in [-0.2, 0) is 47.0 Å². The van der Waals surface area contributed by atoms with Crippen molar-refractivity contribution >= 4 is 46.0 Å². The van der Waals surface area contributed by atoms with Gasteiger partial charge in [0.25, 0.3) is 5.91 Å². The summed E-state index contributed by atoms with van der Waals surface area (Å²) in [6.45, 7) is 1.54. The number of fused-ring (bicyclic) bond motifs is 3. The summed E-state index contributed by atoms with van der Waals surface area (Å²) in [5.41, 5.74) is 1.03. The first-order valence-corrected chi connectivity index (χ1v) is 18.6. The number of nitrogens with zero attached hydrogens (tertiary/aromatic N) is 2.